The van der Waals surface area contributed by atoms with Gasteiger partial charge in [-0.2, -0.15) is 0 Å². The first kappa shape index (κ1) is 17.1. The molecule has 0 spiro atoms. The van der Waals surface area contributed by atoms with Gasteiger partial charge in [-0.05, 0) is 69.5 Å². The Morgan fingerprint density at radius 3 is 2.45 bits per heavy atom. The van der Waals surface area contributed by atoms with E-state index >= 15 is 0 Å². The molecule has 0 fully saturated rings. The summed E-state index contributed by atoms with van der Waals surface area (Å²) in [6.07, 6.45) is 8.59. The molecule has 0 aliphatic heterocycles. The highest BCUT2D eigenvalue weighted by Gasteiger charge is 2.06. The molecule has 1 aliphatic rings. The number of hydrogen-bond acceptors (Lipinski definition) is 2. The SMILES string of the molecule is CN(C)CCCOc1ccc(C2=CCCCC2)cc1.Cl. The Bertz CT molecular complexity index is 412. The maximum absolute atomic E-state index is 5.75. The molecule has 2 nitrogen and oxygen atoms in total. The molecule has 0 bridgehead atoms. The molecule has 1 aromatic carbocycles. The zero-order chi connectivity index (χ0) is 13.5. The molecule has 20 heavy (non-hydrogen) atoms. The number of rotatable bonds is 6. The molecule has 0 aromatic heterocycles. The minimum absolute atomic E-state index is 0. The van der Waals surface area contributed by atoms with Crippen molar-refractivity contribution < 1.29 is 4.74 Å². The molecule has 0 amide bonds. The van der Waals surface area contributed by atoms with Crippen molar-refractivity contribution in [2.45, 2.75) is 32.1 Å². The summed E-state index contributed by atoms with van der Waals surface area (Å²) in [7, 11) is 4.18. The third-order valence-corrected chi connectivity index (χ3v) is 3.53. The van der Waals surface area contributed by atoms with Crippen molar-refractivity contribution in [2.75, 3.05) is 27.2 Å². The number of halogens is 1. The van der Waals surface area contributed by atoms with Gasteiger partial charge in [0.1, 0.15) is 5.75 Å². The molecule has 3 heteroatoms. The lowest BCUT2D eigenvalue weighted by molar-refractivity contribution is 0.281. The van der Waals surface area contributed by atoms with Gasteiger partial charge in [0.15, 0.2) is 0 Å². The summed E-state index contributed by atoms with van der Waals surface area (Å²) >= 11 is 0. The van der Waals surface area contributed by atoms with Gasteiger partial charge in [-0.1, -0.05) is 18.2 Å². The second kappa shape index (κ2) is 9.04. The standard InChI is InChI=1S/C17H25NO.ClH/c1-18(2)13-6-14-19-17-11-9-16(10-12-17)15-7-4-3-5-8-15;/h7,9-12H,3-6,8,13-14H2,1-2H3;1H. The molecule has 2 rings (SSSR count). The Labute approximate surface area is 129 Å². The monoisotopic (exact) mass is 295 g/mol. The van der Waals surface area contributed by atoms with Gasteiger partial charge in [0.25, 0.3) is 0 Å². The van der Waals surface area contributed by atoms with Crippen LogP contribution >= 0.6 is 12.4 Å². The van der Waals surface area contributed by atoms with Gasteiger partial charge in [0.05, 0.1) is 6.61 Å². The Hall–Kier alpha value is -0.990. The molecular weight excluding hydrogens is 270 g/mol. The maximum Gasteiger partial charge on any atom is 0.119 e. The van der Waals surface area contributed by atoms with Gasteiger partial charge in [-0.3, -0.25) is 0 Å². The van der Waals surface area contributed by atoms with E-state index in [2.05, 4.69) is 49.3 Å². The van der Waals surface area contributed by atoms with Crippen LogP contribution in [-0.4, -0.2) is 32.1 Å². The summed E-state index contributed by atoms with van der Waals surface area (Å²) in [5.74, 6) is 0.985. The van der Waals surface area contributed by atoms with Crippen LogP contribution in [0.3, 0.4) is 0 Å². The van der Waals surface area contributed by atoms with E-state index in [1.165, 1.54) is 36.8 Å². The first-order valence-corrected chi connectivity index (χ1v) is 7.33. The van der Waals surface area contributed by atoms with Crippen LogP contribution in [0.1, 0.15) is 37.7 Å². The highest BCUT2D eigenvalue weighted by molar-refractivity contribution is 5.85. The van der Waals surface area contributed by atoms with Crippen LogP contribution in [0.2, 0.25) is 0 Å². The van der Waals surface area contributed by atoms with E-state index in [9.17, 15) is 0 Å². The molecule has 0 saturated carbocycles. The molecule has 0 atom stereocenters. The van der Waals surface area contributed by atoms with Crippen LogP contribution in [0.15, 0.2) is 30.3 Å². The molecule has 0 saturated heterocycles. The van der Waals surface area contributed by atoms with E-state index < -0.39 is 0 Å². The van der Waals surface area contributed by atoms with Gasteiger partial charge in [-0.15, -0.1) is 12.4 Å². The Morgan fingerprint density at radius 2 is 1.85 bits per heavy atom. The van der Waals surface area contributed by atoms with Crippen LogP contribution in [0.4, 0.5) is 0 Å². The summed E-state index contributed by atoms with van der Waals surface area (Å²) in [4.78, 5) is 2.18. The lowest BCUT2D eigenvalue weighted by atomic mass is 9.94. The predicted molar refractivity (Wildman–Crippen MR) is 88.8 cm³/mol. The number of hydrogen-bond donors (Lipinski definition) is 0. The molecule has 0 N–H and O–H groups in total. The van der Waals surface area contributed by atoms with Crippen molar-refractivity contribution in [3.05, 3.63) is 35.9 Å². The van der Waals surface area contributed by atoms with Gasteiger partial charge in [0.2, 0.25) is 0 Å². The maximum atomic E-state index is 5.75. The van der Waals surface area contributed by atoms with Crippen LogP contribution in [0.5, 0.6) is 5.75 Å². The third-order valence-electron chi connectivity index (χ3n) is 3.53. The third kappa shape index (κ3) is 5.56. The van der Waals surface area contributed by atoms with Gasteiger partial charge in [-0.25, -0.2) is 0 Å². The predicted octanol–water partition coefficient (Wildman–Crippen LogP) is 4.40. The topological polar surface area (TPSA) is 12.5 Å². The van der Waals surface area contributed by atoms with Crippen LogP contribution < -0.4 is 4.74 Å². The van der Waals surface area contributed by atoms with E-state index in [1.807, 2.05) is 0 Å². The summed E-state index contributed by atoms with van der Waals surface area (Å²) in [5, 5.41) is 0. The Kier molecular flexibility index (Phi) is 7.71. The normalized spacial score (nSPS) is 14.7. The molecule has 1 aliphatic carbocycles. The minimum atomic E-state index is 0. The number of benzene rings is 1. The summed E-state index contributed by atoms with van der Waals surface area (Å²) in [5.41, 5.74) is 2.87. The minimum Gasteiger partial charge on any atom is -0.494 e. The average Bonchev–Trinajstić information content (AvgIpc) is 2.45. The van der Waals surface area contributed by atoms with E-state index in [1.54, 1.807) is 0 Å². The molecule has 0 radical (unpaired) electrons. The molecule has 0 heterocycles. The number of allylic oxidation sites excluding steroid dienone is 2. The van der Waals surface area contributed by atoms with Crippen molar-refractivity contribution in [1.29, 1.82) is 0 Å². The van der Waals surface area contributed by atoms with Crippen molar-refractivity contribution in [3.63, 3.8) is 0 Å². The van der Waals surface area contributed by atoms with Crippen LogP contribution in [0, 0.1) is 0 Å². The smallest absolute Gasteiger partial charge is 0.119 e. The quantitative estimate of drug-likeness (QED) is 0.721. The van der Waals surface area contributed by atoms with Crippen LogP contribution in [0.25, 0.3) is 5.57 Å². The Balaban J connectivity index is 0.00000200. The van der Waals surface area contributed by atoms with Gasteiger partial charge < -0.3 is 9.64 Å². The number of ether oxygens (including phenoxy) is 1. The largest absolute Gasteiger partial charge is 0.494 e. The highest BCUT2D eigenvalue weighted by Crippen LogP contribution is 2.27. The lowest BCUT2D eigenvalue weighted by Crippen LogP contribution is -2.15. The van der Waals surface area contributed by atoms with Crippen molar-refractivity contribution in [1.82, 2.24) is 4.90 Å². The first-order chi connectivity index (χ1) is 9.25. The fraction of sp³-hybridized carbons (Fsp3) is 0.529. The van der Waals surface area contributed by atoms with Crippen LogP contribution in [-0.2, 0) is 0 Å². The van der Waals surface area contributed by atoms with E-state index in [0.717, 1.165) is 25.3 Å². The van der Waals surface area contributed by atoms with E-state index in [-0.39, 0.29) is 12.4 Å². The summed E-state index contributed by atoms with van der Waals surface area (Å²) in [6.45, 7) is 1.87. The lowest BCUT2D eigenvalue weighted by Gasteiger charge is -2.14. The van der Waals surface area contributed by atoms with Gasteiger partial charge in [0, 0.05) is 6.54 Å². The van der Waals surface area contributed by atoms with E-state index in [0.29, 0.717) is 0 Å². The van der Waals surface area contributed by atoms with Crippen molar-refractivity contribution in [2.24, 2.45) is 0 Å². The van der Waals surface area contributed by atoms with Crippen molar-refractivity contribution >= 4 is 18.0 Å². The van der Waals surface area contributed by atoms with Gasteiger partial charge >= 0.3 is 0 Å². The Morgan fingerprint density at radius 1 is 1.10 bits per heavy atom. The fourth-order valence-electron chi connectivity index (χ4n) is 2.44. The summed E-state index contributed by atoms with van der Waals surface area (Å²) < 4.78 is 5.75. The van der Waals surface area contributed by atoms with E-state index in [4.69, 9.17) is 4.74 Å². The molecular formula is C17H26ClNO. The molecule has 1 aromatic rings. The fourth-order valence-corrected chi connectivity index (χ4v) is 2.44. The zero-order valence-corrected chi connectivity index (χ0v) is 13.4. The average molecular weight is 296 g/mol. The second-order valence-electron chi connectivity index (χ2n) is 5.50. The summed E-state index contributed by atoms with van der Waals surface area (Å²) in [6, 6.07) is 8.58. The zero-order valence-electron chi connectivity index (χ0n) is 12.6. The number of nitrogens with zero attached hydrogens (tertiary/aromatic N) is 1. The first-order valence-electron chi connectivity index (χ1n) is 7.33. The molecule has 0 unspecified atom stereocenters. The molecule has 112 valence electrons. The highest BCUT2D eigenvalue weighted by atomic mass is 35.5. The van der Waals surface area contributed by atoms with Crippen molar-refractivity contribution in [3.8, 4) is 5.75 Å². The second-order valence-corrected chi connectivity index (χ2v) is 5.50.